The molecule has 9 heteroatoms. The van der Waals surface area contributed by atoms with Crippen molar-refractivity contribution in [3.05, 3.63) is 70.9 Å². The normalized spacial score (nSPS) is 12.3. The number of rotatable bonds is 7. The van der Waals surface area contributed by atoms with E-state index in [0.717, 1.165) is 5.56 Å². The molecule has 30 heavy (non-hydrogen) atoms. The van der Waals surface area contributed by atoms with Crippen molar-refractivity contribution in [2.45, 2.75) is 31.3 Å². The third-order valence-electron chi connectivity index (χ3n) is 4.41. The lowest BCUT2D eigenvalue weighted by molar-refractivity contribution is 0.101. The van der Waals surface area contributed by atoms with E-state index in [1.807, 2.05) is 6.07 Å². The van der Waals surface area contributed by atoms with Gasteiger partial charge in [-0.1, -0.05) is 29.8 Å². The van der Waals surface area contributed by atoms with Crippen molar-refractivity contribution in [3.8, 4) is 17.3 Å². The van der Waals surface area contributed by atoms with Gasteiger partial charge in [-0.3, -0.25) is 9.48 Å². The molecule has 0 radical (unpaired) electrons. The molecule has 0 aliphatic heterocycles. The molecule has 0 aliphatic carbocycles. The van der Waals surface area contributed by atoms with Crippen LogP contribution in [0.15, 0.2) is 59.6 Å². The first-order chi connectivity index (χ1) is 14.2. The smallest absolute Gasteiger partial charge is 0.240 e. The fraction of sp³-hybridized carbons (Fsp3) is 0.190. The Bertz CT molecular complexity index is 1230. The predicted octanol–water partition coefficient (Wildman–Crippen LogP) is 3.64. The number of ketones is 1. The summed E-state index contributed by atoms with van der Waals surface area (Å²) in [7, 11) is -3.73. The average Bonchev–Trinajstić information content (AvgIpc) is 3.15. The Labute approximate surface area is 180 Å². The van der Waals surface area contributed by atoms with Crippen LogP contribution in [0.4, 0.5) is 0 Å². The van der Waals surface area contributed by atoms with E-state index in [0.29, 0.717) is 28.4 Å². The van der Waals surface area contributed by atoms with Crippen LogP contribution in [0, 0.1) is 11.3 Å². The molecule has 0 amide bonds. The molecule has 2 aromatic carbocycles. The second kappa shape index (κ2) is 8.79. The molecule has 1 atom stereocenters. The lowest BCUT2D eigenvalue weighted by Crippen LogP contribution is -2.35. The third-order valence-corrected chi connectivity index (χ3v) is 6.33. The lowest BCUT2D eigenvalue weighted by Gasteiger charge is -2.14. The highest BCUT2D eigenvalue weighted by atomic mass is 35.5. The largest absolute Gasteiger partial charge is 0.295 e. The minimum atomic E-state index is -3.73. The van der Waals surface area contributed by atoms with Gasteiger partial charge in [0.05, 0.1) is 27.7 Å². The molecule has 1 N–H and O–H groups in total. The Morgan fingerprint density at radius 3 is 2.53 bits per heavy atom. The maximum Gasteiger partial charge on any atom is 0.240 e. The minimum absolute atomic E-state index is 0.0905. The number of aromatic nitrogens is 2. The van der Waals surface area contributed by atoms with Gasteiger partial charge in [-0.25, -0.2) is 13.1 Å². The lowest BCUT2D eigenvalue weighted by atomic mass is 10.1. The Morgan fingerprint density at radius 2 is 1.93 bits per heavy atom. The van der Waals surface area contributed by atoms with Gasteiger partial charge >= 0.3 is 0 Å². The molecule has 1 aromatic heterocycles. The zero-order valence-corrected chi connectivity index (χ0v) is 17.9. The number of benzene rings is 2. The SMILES string of the molecule is CC(=O)c1ccc(S(=O)(=O)N[C@@H](C)Cn2ccc(-c3ccc(C#N)c(Cl)c3)n2)cc1. The molecule has 0 bridgehead atoms. The summed E-state index contributed by atoms with van der Waals surface area (Å²) in [5, 5.41) is 13.8. The highest BCUT2D eigenvalue weighted by Crippen LogP contribution is 2.24. The topological polar surface area (TPSA) is 105 Å². The summed E-state index contributed by atoms with van der Waals surface area (Å²) in [6.45, 7) is 3.48. The number of hydrogen-bond acceptors (Lipinski definition) is 5. The Hall–Kier alpha value is -2.99. The van der Waals surface area contributed by atoms with Gasteiger partial charge < -0.3 is 0 Å². The second-order valence-electron chi connectivity index (χ2n) is 6.83. The number of Topliss-reactive ketones (excluding diaryl/α,β-unsaturated/α-hetero) is 1. The highest BCUT2D eigenvalue weighted by molar-refractivity contribution is 7.89. The van der Waals surface area contributed by atoms with E-state index in [4.69, 9.17) is 16.9 Å². The van der Waals surface area contributed by atoms with Crippen LogP contribution >= 0.6 is 11.6 Å². The van der Waals surface area contributed by atoms with Crippen molar-refractivity contribution in [1.82, 2.24) is 14.5 Å². The number of nitriles is 1. The molecular formula is C21H19ClN4O3S. The molecule has 0 spiro atoms. The summed E-state index contributed by atoms with van der Waals surface area (Å²) in [5.41, 5.74) is 2.26. The summed E-state index contributed by atoms with van der Waals surface area (Å²) in [6, 6.07) is 14.2. The summed E-state index contributed by atoms with van der Waals surface area (Å²) in [5.74, 6) is -0.127. The van der Waals surface area contributed by atoms with Gasteiger partial charge in [-0.15, -0.1) is 0 Å². The van der Waals surface area contributed by atoms with E-state index < -0.39 is 16.1 Å². The first kappa shape index (κ1) is 21.7. The number of hydrogen-bond donors (Lipinski definition) is 1. The van der Waals surface area contributed by atoms with Crippen molar-refractivity contribution >= 4 is 27.4 Å². The summed E-state index contributed by atoms with van der Waals surface area (Å²) >= 11 is 6.08. The van der Waals surface area contributed by atoms with Crippen molar-refractivity contribution in [3.63, 3.8) is 0 Å². The van der Waals surface area contributed by atoms with Crippen molar-refractivity contribution in [2.24, 2.45) is 0 Å². The minimum Gasteiger partial charge on any atom is -0.295 e. The fourth-order valence-corrected chi connectivity index (χ4v) is 4.36. The van der Waals surface area contributed by atoms with Crippen LogP contribution in [0.1, 0.15) is 29.8 Å². The number of halogens is 1. The fourth-order valence-electron chi connectivity index (χ4n) is 2.90. The zero-order valence-electron chi connectivity index (χ0n) is 16.3. The van der Waals surface area contributed by atoms with Crippen LogP contribution in [-0.2, 0) is 16.6 Å². The molecule has 0 saturated heterocycles. The van der Waals surface area contributed by atoms with Gasteiger partial charge in [0.1, 0.15) is 6.07 Å². The van der Waals surface area contributed by atoms with E-state index in [1.165, 1.54) is 31.2 Å². The second-order valence-corrected chi connectivity index (χ2v) is 8.95. The standard InChI is InChI=1S/C21H19ClN4O3S/c1-14(25-30(28,29)19-7-5-16(6-8-19)15(2)27)13-26-10-9-21(24-26)17-3-4-18(12-23)20(22)11-17/h3-11,14,25H,13H2,1-2H3/t14-/m0/s1. The predicted molar refractivity (Wildman–Crippen MR) is 114 cm³/mol. The van der Waals surface area contributed by atoms with Crippen LogP contribution in [0.25, 0.3) is 11.3 Å². The monoisotopic (exact) mass is 442 g/mol. The van der Waals surface area contributed by atoms with Gasteiger partial charge in [0.2, 0.25) is 10.0 Å². The van der Waals surface area contributed by atoms with Crippen molar-refractivity contribution < 1.29 is 13.2 Å². The third kappa shape index (κ3) is 4.94. The number of carbonyl (C=O) groups excluding carboxylic acids is 1. The maximum absolute atomic E-state index is 12.6. The molecule has 3 aromatic rings. The molecule has 3 rings (SSSR count). The van der Waals surface area contributed by atoms with Gasteiger partial charge in [-0.05, 0) is 44.2 Å². The molecule has 0 unspecified atom stereocenters. The Morgan fingerprint density at radius 1 is 1.23 bits per heavy atom. The molecule has 0 aliphatic rings. The van der Waals surface area contributed by atoms with Crippen LogP contribution in [0.3, 0.4) is 0 Å². The van der Waals surface area contributed by atoms with Crippen molar-refractivity contribution in [1.29, 1.82) is 5.26 Å². The Balaban J connectivity index is 1.69. The number of nitrogens with zero attached hydrogens (tertiary/aromatic N) is 3. The summed E-state index contributed by atoms with van der Waals surface area (Å²) in [6.07, 6.45) is 1.74. The summed E-state index contributed by atoms with van der Waals surface area (Å²) in [4.78, 5) is 11.4. The molecule has 1 heterocycles. The number of nitrogens with one attached hydrogen (secondary N) is 1. The molecule has 0 fully saturated rings. The van der Waals surface area contributed by atoms with Gasteiger partial charge in [0.15, 0.2) is 5.78 Å². The van der Waals surface area contributed by atoms with E-state index in [2.05, 4.69) is 9.82 Å². The van der Waals surface area contributed by atoms with Gasteiger partial charge in [0, 0.05) is 23.4 Å². The van der Waals surface area contributed by atoms with Crippen LogP contribution in [-0.4, -0.2) is 30.0 Å². The van der Waals surface area contributed by atoms with E-state index in [1.54, 1.807) is 42.1 Å². The van der Waals surface area contributed by atoms with E-state index in [-0.39, 0.29) is 10.7 Å². The first-order valence-electron chi connectivity index (χ1n) is 9.06. The van der Waals surface area contributed by atoms with Crippen LogP contribution in [0.5, 0.6) is 0 Å². The molecule has 154 valence electrons. The first-order valence-corrected chi connectivity index (χ1v) is 10.9. The van der Waals surface area contributed by atoms with Crippen LogP contribution in [0.2, 0.25) is 5.02 Å². The van der Waals surface area contributed by atoms with E-state index in [9.17, 15) is 13.2 Å². The van der Waals surface area contributed by atoms with Gasteiger partial charge in [-0.2, -0.15) is 10.4 Å². The number of carbonyl (C=O) groups is 1. The molecular weight excluding hydrogens is 424 g/mol. The highest BCUT2D eigenvalue weighted by Gasteiger charge is 2.18. The van der Waals surface area contributed by atoms with Gasteiger partial charge in [0.25, 0.3) is 0 Å². The molecule has 0 saturated carbocycles. The maximum atomic E-state index is 12.6. The van der Waals surface area contributed by atoms with Crippen molar-refractivity contribution in [2.75, 3.05) is 0 Å². The number of sulfonamides is 1. The average molecular weight is 443 g/mol. The molecule has 7 nitrogen and oxygen atoms in total. The quantitative estimate of drug-likeness (QED) is 0.562. The summed E-state index contributed by atoms with van der Waals surface area (Å²) < 4.78 is 29.4. The van der Waals surface area contributed by atoms with Crippen LogP contribution < -0.4 is 4.72 Å². The van der Waals surface area contributed by atoms with E-state index >= 15 is 0 Å². The zero-order chi connectivity index (χ0) is 21.9. The Kier molecular flexibility index (Phi) is 6.37.